The number of hydrogen-bond donors (Lipinski definition) is 1. The van der Waals surface area contributed by atoms with E-state index in [-0.39, 0.29) is 12.0 Å². The molecule has 0 aliphatic carbocycles. The van der Waals surface area contributed by atoms with Crippen LogP contribution in [-0.2, 0) is 9.63 Å². The van der Waals surface area contributed by atoms with E-state index in [0.717, 1.165) is 0 Å². The number of nitrogens with two attached hydrogens (primary N) is 1. The van der Waals surface area contributed by atoms with Gasteiger partial charge in [-0.05, 0) is 20.8 Å². The van der Waals surface area contributed by atoms with Crippen molar-refractivity contribution in [1.82, 2.24) is 5.06 Å². The highest BCUT2D eigenvalue weighted by Crippen LogP contribution is 2.17. The van der Waals surface area contributed by atoms with Crippen LogP contribution in [0.25, 0.3) is 0 Å². The Kier molecular flexibility index (Phi) is 2.39. The molecule has 0 amide bonds. The first-order valence-electron chi connectivity index (χ1n) is 4.12. The van der Waals surface area contributed by atoms with Gasteiger partial charge in [-0.1, -0.05) is 0 Å². The SMILES string of the molecule is CC(C)(C)C(=O)ON1CC(N)C1. The third-order valence-electron chi connectivity index (χ3n) is 1.70. The van der Waals surface area contributed by atoms with Crippen molar-refractivity contribution in [3.05, 3.63) is 0 Å². The van der Waals surface area contributed by atoms with Crippen LogP contribution in [0.5, 0.6) is 0 Å². The Morgan fingerprint density at radius 3 is 2.33 bits per heavy atom. The van der Waals surface area contributed by atoms with E-state index in [4.69, 9.17) is 10.6 Å². The van der Waals surface area contributed by atoms with Crippen LogP contribution in [0.1, 0.15) is 20.8 Å². The second-order valence-electron chi connectivity index (χ2n) is 4.24. The Morgan fingerprint density at radius 2 is 2.00 bits per heavy atom. The first-order chi connectivity index (χ1) is 5.39. The molecule has 0 unspecified atom stereocenters. The van der Waals surface area contributed by atoms with Crippen molar-refractivity contribution in [2.75, 3.05) is 13.1 Å². The van der Waals surface area contributed by atoms with E-state index in [9.17, 15) is 4.79 Å². The van der Waals surface area contributed by atoms with Gasteiger partial charge in [0.15, 0.2) is 0 Å². The molecular formula is C8H16N2O2. The molecule has 0 radical (unpaired) electrons. The largest absolute Gasteiger partial charge is 0.367 e. The van der Waals surface area contributed by atoms with E-state index in [1.165, 1.54) is 0 Å². The fourth-order valence-electron chi connectivity index (χ4n) is 0.798. The van der Waals surface area contributed by atoms with Gasteiger partial charge in [-0.2, -0.15) is 0 Å². The van der Waals surface area contributed by atoms with Gasteiger partial charge in [-0.15, -0.1) is 5.06 Å². The third kappa shape index (κ3) is 2.19. The van der Waals surface area contributed by atoms with Crippen molar-refractivity contribution in [1.29, 1.82) is 0 Å². The van der Waals surface area contributed by atoms with E-state index in [0.29, 0.717) is 13.1 Å². The molecule has 0 saturated carbocycles. The van der Waals surface area contributed by atoms with Crippen molar-refractivity contribution in [3.63, 3.8) is 0 Å². The number of carbonyl (C=O) groups is 1. The summed E-state index contributed by atoms with van der Waals surface area (Å²) < 4.78 is 0. The topological polar surface area (TPSA) is 55.6 Å². The predicted molar refractivity (Wildman–Crippen MR) is 45.1 cm³/mol. The molecule has 0 bridgehead atoms. The molecule has 12 heavy (non-hydrogen) atoms. The predicted octanol–water partition coefficient (Wildman–Crippen LogP) is 0.134. The molecule has 1 fully saturated rings. The fourth-order valence-corrected chi connectivity index (χ4v) is 0.798. The zero-order chi connectivity index (χ0) is 9.35. The second kappa shape index (κ2) is 3.03. The molecular weight excluding hydrogens is 156 g/mol. The number of hydroxylamine groups is 2. The van der Waals surface area contributed by atoms with Gasteiger partial charge in [0.25, 0.3) is 0 Å². The fraction of sp³-hybridized carbons (Fsp3) is 0.875. The van der Waals surface area contributed by atoms with E-state index >= 15 is 0 Å². The minimum atomic E-state index is -0.431. The summed E-state index contributed by atoms with van der Waals surface area (Å²) in [6.45, 7) is 6.79. The Balaban J connectivity index is 2.28. The molecule has 0 aromatic rings. The first-order valence-corrected chi connectivity index (χ1v) is 4.12. The summed E-state index contributed by atoms with van der Waals surface area (Å²) in [5.74, 6) is -0.200. The minimum Gasteiger partial charge on any atom is -0.367 e. The van der Waals surface area contributed by atoms with Gasteiger partial charge in [0.2, 0.25) is 0 Å². The number of hydrogen-bond acceptors (Lipinski definition) is 4. The van der Waals surface area contributed by atoms with Crippen molar-refractivity contribution in [2.24, 2.45) is 11.1 Å². The highest BCUT2D eigenvalue weighted by atomic mass is 16.7. The van der Waals surface area contributed by atoms with E-state index in [1.54, 1.807) is 5.06 Å². The van der Waals surface area contributed by atoms with Crippen LogP contribution in [0, 0.1) is 5.41 Å². The summed E-state index contributed by atoms with van der Waals surface area (Å²) in [7, 11) is 0. The summed E-state index contributed by atoms with van der Waals surface area (Å²) in [6, 6.07) is 0.165. The van der Waals surface area contributed by atoms with Gasteiger partial charge in [-0.25, -0.2) is 4.79 Å². The van der Waals surface area contributed by atoms with Gasteiger partial charge < -0.3 is 10.6 Å². The molecule has 1 rings (SSSR count). The van der Waals surface area contributed by atoms with Gasteiger partial charge in [0, 0.05) is 6.04 Å². The van der Waals surface area contributed by atoms with E-state index in [2.05, 4.69) is 0 Å². The Bertz CT molecular complexity index is 180. The second-order valence-corrected chi connectivity index (χ2v) is 4.24. The smallest absolute Gasteiger partial charge is 0.330 e. The summed E-state index contributed by atoms with van der Waals surface area (Å²) in [5.41, 5.74) is 5.09. The zero-order valence-electron chi connectivity index (χ0n) is 7.83. The molecule has 1 heterocycles. The minimum absolute atomic E-state index is 0.165. The van der Waals surface area contributed by atoms with Crippen LogP contribution in [0.15, 0.2) is 0 Å². The van der Waals surface area contributed by atoms with E-state index in [1.807, 2.05) is 20.8 Å². The molecule has 2 N–H and O–H groups in total. The van der Waals surface area contributed by atoms with Gasteiger partial charge in [-0.3, -0.25) is 0 Å². The third-order valence-corrected chi connectivity index (χ3v) is 1.70. The van der Waals surface area contributed by atoms with Gasteiger partial charge in [0.1, 0.15) is 0 Å². The summed E-state index contributed by atoms with van der Waals surface area (Å²) in [5, 5.41) is 1.60. The van der Waals surface area contributed by atoms with Gasteiger partial charge >= 0.3 is 5.97 Å². The maximum absolute atomic E-state index is 11.3. The van der Waals surface area contributed by atoms with Crippen LogP contribution in [0.3, 0.4) is 0 Å². The molecule has 1 aliphatic rings. The molecule has 4 nitrogen and oxygen atoms in total. The first kappa shape index (κ1) is 9.48. The molecule has 1 aliphatic heterocycles. The van der Waals surface area contributed by atoms with Crippen LogP contribution in [-0.4, -0.2) is 30.2 Å². The maximum atomic E-state index is 11.3. The Morgan fingerprint density at radius 1 is 1.50 bits per heavy atom. The van der Waals surface area contributed by atoms with Crippen LogP contribution in [0.4, 0.5) is 0 Å². The lowest BCUT2D eigenvalue weighted by molar-refractivity contribution is -0.219. The molecule has 0 atom stereocenters. The quantitative estimate of drug-likeness (QED) is 0.611. The molecule has 0 aromatic carbocycles. The summed E-state index contributed by atoms with van der Waals surface area (Å²) >= 11 is 0. The molecule has 0 aromatic heterocycles. The number of nitrogens with zero attached hydrogens (tertiary/aromatic N) is 1. The molecule has 0 spiro atoms. The van der Waals surface area contributed by atoms with Crippen LogP contribution in [0.2, 0.25) is 0 Å². The molecule has 70 valence electrons. The normalized spacial score (nSPS) is 20.3. The van der Waals surface area contributed by atoms with Crippen molar-refractivity contribution >= 4 is 5.97 Å². The van der Waals surface area contributed by atoms with Crippen LogP contribution < -0.4 is 5.73 Å². The lowest BCUT2D eigenvalue weighted by atomic mass is 9.98. The maximum Gasteiger partial charge on any atom is 0.330 e. The van der Waals surface area contributed by atoms with Gasteiger partial charge in [0.05, 0.1) is 18.5 Å². The monoisotopic (exact) mass is 172 g/mol. The van der Waals surface area contributed by atoms with Crippen molar-refractivity contribution in [2.45, 2.75) is 26.8 Å². The highest BCUT2D eigenvalue weighted by molar-refractivity contribution is 5.75. The molecule has 4 heteroatoms. The highest BCUT2D eigenvalue weighted by Gasteiger charge is 2.31. The van der Waals surface area contributed by atoms with Crippen LogP contribution >= 0.6 is 0 Å². The average molecular weight is 172 g/mol. The number of carbonyl (C=O) groups excluding carboxylic acids is 1. The van der Waals surface area contributed by atoms with Crippen molar-refractivity contribution < 1.29 is 9.63 Å². The Labute approximate surface area is 72.6 Å². The summed E-state index contributed by atoms with van der Waals surface area (Å²) in [4.78, 5) is 16.3. The van der Waals surface area contributed by atoms with Crippen molar-refractivity contribution in [3.8, 4) is 0 Å². The lowest BCUT2D eigenvalue weighted by Gasteiger charge is -2.35. The molecule has 1 saturated heterocycles. The lowest BCUT2D eigenvalue weighted by Crippen LogP contribution is -2.56. The summed E-state index contributed by atoms with van der Waals surface area (Å²) in [6.07, 6.45) is 0. The standard InChI is InChI=1S/C8H16N2O2/c1-8(2,3)7(11)12-10-4-6(9)5-10/h6H,4-5,9H2,1-3H3. The average Bonchev–Trinajstić information content (AvgIpc) is 1.82. The Hall–Kier alpha value is -0.610. The zero-order valence-corrected chi connectivity index (χ0v) is 7.83. The van der Waals surface area contributed by atoms with E-state index < -0.39 is 5.41 Å². The number of rotatable bonds is 1.